The molecule has 0 saturated carbocycles. The standard InChI is InChI=1S/C35H41N9O/c1-40(2)29-12-27-6-7-28(13-29)42(27)10-11-45-32-15-33(35-26(16-36)19-39-44(35)23-32)25-5-8-34(38-18-25)41-21-30-14-31(22-41)43(30)20-24-4-3-9-37-17-24/h3-5,8-9,15,17-19,23,27-31H,6-7,10-14,20-22H2,1-2H3/t27-,28+,29-,30?,31?. The van der Waals surface area contributed by atoms with E-state index < -0.39 is 0 Å². The van der Waals surface area contributed by atoms with E-state index >= 15 is 0 Å². The number of fused-ring (bicyclic) bond motifs is 5. The molecule has 0 aliphatic carbocycles. The van der Waals surface area contributed by atoms with Crippen LogP contribution in [0.15, 0.2) is 61.3 Å². The highest BCUT2D eigenvalue weighted by Crippen LogP contribution is 2.38. The highest BCUT2D eigenvalue weighted by Gasteiger charge is 2.45. The third-order valence-electron chi connectivity index (χ3n) is 10.7. The van der Waals surface area contributed by atoms with Crippen molar-refractivity contribution in [1.82, 2.24) is 34.3 Å². The van der Waals surface area contributed by atoms with Crippen molar-refractivity contribution in [3.63, 3.8) is 0 Å². The first-order valence-corrected chi connectivity index (χ1v) is 16.4. The Morgan fingerprint density at radius 2 is 1.80 bits per heavy atom. The fourth-order valence-electron chi connectivity index (χ4n) is 8.35. The first-order chi connectivity index (χ1) is 22.0. The van der Waals surface area contributed by atoms with Crippen LogP contribution in [0.5, 0.6) is 5.75 Å². The summed E-state index contributed by atoms with van der Waals surface area (Å²) in [5.41, 5.74) is 4.47. The van der Waals surface area contributed by atoms with Crippen LogP contribution in [0.3, 0.4) is 0 Å². The lowest BCUT2D eigenvalue weighted by atomic mass is 9.87. The molecule has 0 spiro atoms. The molecule has 0 aromatic carbocycles. The highest BCUT2D eigenvalue weighted by molar-refractivity contribution is 5.85. The minimum atomic E-state index is 0.540. The predicted molar refractivity (Wildman–Crippen MR) is 173 cm³/mol. The van der Waals surface area contributed by atoms with E-state index in [9.17, 15) is 5.26 Å². The van der Waals surface area contributed by atoms with Crippen LogP contribution in [0.1, 0.15) is 43.2 Å². The Balaban J connectivity index is 0.961. The first-order valence-electron chi connectivity index (χ1n) is 16.4. The second-order valence-corrected chi connectivity index (χ2v) is 13.5. The van der Waals surface area contributed by atoms with Gasteiger partial charge in [-0.1, -0.05) is 6.07 Å². The number of aromatic nitrogens is 4. The van der Waals surface area contributed by atoms with E-state index in [-0.39, 0.29) is 0 Å². The number of hydrogen-bond donors (Lipinski definition) is 0. The van der Waals surface area contributed by atoms with Crippen LogP contribution in [0.4, 0.5) is 5.82 Å². The van der Waals surface area contributed by atoms with Gasteiger partial charge in [-0.2, -0.15) is 10.4 Å². The lowest BCUT2D eigenvalue weighted by Crippen LogP contribution is -2.68. The molecule has 10 nitrogen and oxygen atoms in total. The number of hydrogen-bond acceptors (Lipinski definition) is 9. The van der Waals surface area contributed by atoms with Crippen molar-refractivity contribution in [3.05, 3.63) is 72.4 Å². The summed E-state index contributed by atoms with van der Waals surface area (Å²) in [4.78, 5) is 19.3. The number of ether oxygens (including phenoxy) is 1. The summed E-state index contributed by atoms with van der Waals surface area (Å²) in [6.07, 6.45) is 15.6. The van der Waals surface area contributed by atoms with Crippen molar-refractivity contribution in [1.29, 1.82) is 5.26 Å². The molecule has 4 aromatic rings. The zero-order valence-electron chi connectivity index (χ0n) is 26.2. The van der Waals surface area contributed by atoms with Crippen molar-refractivity contribution in [3.8, 4) is 22.9 Å². The number of piperidine rings is 2. The second kappa shape index (κ2) is 11.7. The fourth-order valence-corrected chi connectivity index (χ4v) is 8.35. The highest BCUT2D eigenvalue weighted by atomic mass is 16.5. The molecule has 0 amide bonds. The molecule has 5 aliphatic heterocycles. The van der Waals surface area contributed by atoms with Gasteiger partial charge in [0.2, 0.25) is 0 Å². The van der Waals surface area contributed by atoms with Gasteiger partial charge < -0.3 is 14.5 Å². The SMILES string of the molecule is CN(C)[C@@H]1C[C@H]2CC[C@@H](C1)N2CCOc1cc(-c2ccc(N3CC4CC(C3)N4Cc3cccnc3)nc2)c2c(C#N)cnn2c1. The van der Waals surface area contributed by atoms with Crippen LogP contribution in [-0.4, -0.2) is 105 Å². The molecule has 0 radical (unpaired) electrons. The summed E-state index contributed by atoms with van der Waals surface area (Å²) in [6.45, 7) is 4.47. The number of piperazine rings is 1. The van der Waals surface area contributed by atoms with Gasteiger partial charge >= 0.3 is 0 Å². The molecule has 232 valence electrons. The Labute approximate surface area is 264 Å². The van der Waals surface area contributed by atoms with Gasteiger partial charge in [0.25, 0.3) is 0 Å². The van der Waals surface area contributed by atoms with Gasteiger partial charge in [-0.05, 0) is 76.0 Å². The normalized spacial score (nSPS) is 26.3. The van der Waals surface area contributed by atoms with Crippen LogP contribution in [0.2, 0.25) is 0 Å². The van der Waals surface area contributed by atoms with E-state index in [0.29, 0.717) is 42.4 Å². The summed E-state index contributed by atoms with van der Waals surface area (Å²) in [5.74, 6) is 1.76. The van der Waals surface area contributed by atoms with E-state index in [4.69, 9.17) is 9.72 Å². The van der Waals surface area contributed by atoms with Gasteiger partial charge in [-0.25, -0.2) is 9.50 Å². The Morgan fingerprint density at radius 3 is 2.49 bits per heavy atom. The quantitative estimate of drug-likeness (QED) is 0.281. The van der Waals surface area contributed by atoms with Crippen LogP contribution in [0, 0.1) is 11.3 Å². The van der Waals surface area contributed by atoms with Crippen LogP contribution in [-0.2, 0) is 6.54 Å². The number of rotatable bonds is 9. The van der Waals surface area contributed by atoms with E-state index in [1.165, 1.54) is 37.7 Å². The minimum Gasteiger partial charge on any atom is -0.491 e. The van der Waals surface area contributed by atoms with Crippen molar-refractivity contribution < 1.29 is 4.74 Å². The fraction of sp³-hybridized carbons (Fsp3) is 0.486. The van der Waals surface area contributed by atoms with Gasteiger partial charge in [0.05, 0.1) is 23.5 Å². The van der Waals surface area contributed by atoms with Gasteiger partial charge in [-0.3, -0.25) is 14.8 Å². The molecule has 5 atom stereocenters. The van der Waals surface area contributed by atoms with Crippen molar-refractivity contribution >= 4 is 11.3 Å². The first kappa shape index (κ1) is 28.4. The van der Waals surface area contributed by atoms with Gasteiger partial charge in [0.1, 0.15) is 24.2 Å². The Hall–Kier alpha value is -4.04. The van der Waals surface area contributed by atoms with E-state index in [1.54, 1.807) is 10.7 Å². The number of anilines is 1. The number of nitriles is 1. The molecular weight excluding hydrogens is 562 g/mol. The van der Waals surface area contributed by atoms with Crippen LogP contribution >= 0.6 is 0 Å². The van der Waals surface area contributed by atoms with E-state index in [2.05, 4.69) is 68.0 Å². The molecule has 4 bridgehead atoms. The Kier molecular flexibility index (Phi) is 7.40. The van der Waals surface area contributed by atoms with E-state index in [0.717, 1.165) is 54.4 Å². The smallest absolute Gasteiger partial charge is 0.138 e. The maximum atomic E-state index is 9.84. The summed E-state index contributed by atoms with van der Waals surface area (Å²) in [5, 5.41) is 14.3. The van der Waals surface area contributed by atoms with Crippen LogP contribution < -0.4 is 9.64 Å². The largest absolute Gasteiger partial charge is 0.491 e. The molecule has 45 heavy (non-hydrogen) atoms. The third kappa shape index (κ3) is 5.33. The summed E-state index contributed by atoms with van der Waals surface area (Å²) < 4.78 is 8.15. The molecule has 5 saturated heterocycles. The topological polar surface area (TPSA) is 89.1 Å². The van der Waals surface area contributed by atoms with Crippen molar-refractivity contribution in [2.75, 3.05) is 45.2 Å². The molecule has 4 aromatic heterocycles. The molecule has 5 aliphatic rings. The molecule has 9 rings (SSSR count). The second-order valence-electron chi connectivity index (χ2n) is 13.5. The Bertz CT molecular complexity index is 1670. The van der Waals surface area contributed by atoms with Crippen LogP contribution in [0.25, 0.3) is 16.6 Å². The lowest BCUT2D eigenvalue weighted by molar-refractivity contribution is -0.00875. The molecule has 2 unspecified atom stereocenters. The predicted octanol–water partition coefficient (Wildman–Crippen LogP) is 4.06. The summed E-state index contributed by atoms with van der Waals surface area (Å²) in [7, 11) is 4.42. The zero-order valence-corrected chi connectivity index (χ0v) is 26.2. The molecular formula is C35H41N9O. The maximum Gasteiger partial charge on any atom is 0.138 e. The molecule has 0 N–H and O–H groups in total. The van der Waals surface area contributed by atoms with Gasteiger partial charge in [-0.15, -0.1) is 0 Å². The average molecular weight is 604 g/mol. The van der Waals surface area contributed by atoms with Gasteiger partial charge in [0.15, 0.2) is 0 Å². The van der Waals surface area contributed by atoms with Gasteiger partial charge in [0, 0.05) is 86.1 Å². The van der Waals surface area contributed by atoms with Crippen molar-refractivity contribution in [2.45, 2.75) is 68.9 Å². The summed E-state index contributed by atoms with van der Waals surface area (Å²) >= 11 is 0. The summed E-state index contributed by atoms with van der Waals surface area (Å²) in [6, 6.07) is 15.9. The molecule has 9 heterocycles. The Morgan fingerprint density at radius 1 is 0.978 bits per heavy atom. The molecule has 10 heteroatoms. The minimum absolute atomic E-state index is 0.540. The maximum absolute atomic E-state index is 9.84. The monoisotopic (exact) mass is 603 g/mol. The van der Waals surface area contributed by atoms with E-state index in [1.807, 2.05) is 36.9 Å². The zero-order chi connectivity index (χ0) is 30.5. The number of nitrogens with zero attached hydrogens (tertiary/aromatic N) is 9. The third-order valence-corrected chi connectivity index (χ3v) is 10.7. The molecule has 5 fully saturated rings. The average Bonchev–Trinajstić information content (AvgIpc) is 3.59. The van der Waals surface area contributed by atoms with Crippen molar-refractivity contribution in [2.24, 2.45) is 0 Å². The number of pyridine rings is 3. The lowest BCUT2D eigenvalue weighted by Gasteiger charge is -2.56.